The number of nitrogens with one attached hydrogen (secondary N) is 1. The number of carboxylic acids is 1. The van der Waals surface area contributed by atoms with Crippen molar-refractivity contribution in [2.45, 2.75) is 20.3 Å². The molecular weight excluding hydrogens is 234 g/mol. The number of hydrogen-bond acceptors (Lipinski definition) is 3. The molecule has 0 unspecified atom stereocenters. The number of aliphatic carboxylic acids is 1. The van der Waals surface area contributed by atoms with E-state index in [-0.39, 0.29) is 18.9 Å². The second-order valence-electron chi connectivity index (χ2n) is 4.12. The summed E-state index contributed by atoms with van der Waals surface area (Å²) < 4.78 is 5.26. The van der Waals surface area contributed by atoms with Crippen LogP contribution in [0.25, 0.3) is 0 Å². The highest BCUT2D eigenvalue weighted by atomic mass is 16.5. The number of rotatable bonds is 5. The van der Waals surface area contributed by atoms with Gasteiger partial charge in [0.05, 0.1) is 13.5 Å². The molecule has 0 atom stereocenters. The summed E-state index contributed by atoms with van der Waals surface area (Å²) in [6.45, 7) is 3.47. The number of ether oxygens (including phenoxy) is 1. The Bertz CT molecular complexity index is 468. The first-order valence-corrected chi connectivity index (χ1v) is 5.56. The summed E-state index contributed by atoms with van der Waals surface area (Å²) in [6, 6.07) is 3.84. The van der Waals surface area contributed by atoms with Crippen LogP contribution in [0.15, 0.2) is 12.1 Å². The number of carbonyl (C=O) groups excluding carboxylic acids is 1. The van der Waals surface area contributed by atoms with E-state index < -0.39 is 5.97 Å². The van der Waals surface area contributed by atoms with Gasteiger partial charge in [-0.3, -0.25) is 9.59 Å². The lowest BCUT2D eigenvalue weighted by Crippen LogP contribution is -2.30. The summed E-state index contributed by atoms with van der Waals surface area (Å²) >= 11 is 0. The Kier molecular flexibility index (Phi) is 4.71. The first-order chi connectivity index (χ1) is 8.43. The summed E-state index contributed by atoms with van der Waals surface area (Å²) in [5.41, 5.74) is 2.76. The Hall–Kier alpha value is -2.04. The van der Waals surface area contributed by atoms with Crippen molar-refractivity contribution in [1.82, 2.24) is 5.32 Å². The van der Waals surface area contributed by atoms with E-state index in [9.17, 15) is 9.59 Å². The third-order valence-corrected chi connectivity index (χ3v) is 2.49. The fourth-order valence-electron chi connectivity index (χ4n) is 1.88. The Morgan fingerprint density at radius 3 is 2.56 bits per heavy atom. The van der Waals surface area contributed by atoms with Gasteiger partial charge in [0.15, 0.2) is 0 Å². The summed E-state index contributed by atoms with van der Waals surface area (Å²) in [4.78, 5) is 21.9. The maximum Gasteiger partial charge on any atom is 0.322 e. The fourth-order valence-corrected chi connectivity index (χ4v) is 1.88. The van der Waals surface area contributed by atoms with Crippen LogP contribution < -0.4 is 10.1 Å². The minimum atomic E-state index is -1.06. The van der Waals surface area contributed by atoms with Gasteiger partial charge in [-0.25, -0.2) is 0 Å². The van der Waals surface area contributed by atoms with Crippen molar-refractivity contribution >= 4 is 11.9 Å². The highest BCUT2D eigenvalue weighted by molar-refractivity contribution is 5.83. The van der Waals surface area contributed by atoms with Gasteiger partial charge in [0.1, 0.15) is 12.3 Å². The van der Waals surface area contributed by atoms with Crippen LogP contribution in [0.1, 0.15) is 16.7 Å². The Labute approximate surface area is 106 Å². The number of benzene rings is 1. The minimum absolute atomic E-state index is 0.110. The molecule has 98 valence electrons. The topological polar surface area (TPSA) is 75.6 Å². The first-order valence-electron chi connectivity index (χ1n) is 5.56. The molecule has 0 aromatic heterocycles. The van der Waals surface area contributed by atoms with Crippen LogP contribution in [0.2, 0.25) is 0 Å². The first kappa shape index (κ1) is 14.0. The second-order valence-corrected chi connectivity index (χ2v) is 4.12. The van der Waals surface area contributed by atoms with Gasteiger partial charge in [-0.2, -0.15) is 0 Å². The lowest BCUT2D eigenvalue weighted by molar-refractivity contribution is -0.137. The Balaban J connectivity index is 2.83. The van der Waals surface area contributed by atoms with Gasteiger partial charge in [0.25, 0.3) is 0 Å². The van der Waals surface area contributed by atoms with Crippen LogP contribution in [0, 0.1) is 13.8 Å². The number of carboxylic acid groups (broad SMARTS) is 1. The van der Waals surface area contributed by atoms with Gasteiger partial charge in [-0.15, -0.1) is 0 Å². The molecule has 0 fully saturated rings. The quantitative estimate of drug-likeness (QED) is 0.820. The molecule has 1 rings (SSSR count). The summed E-state index contributed by atoms with van der Waals surface area (Å²) in [5, 5.41) is 10.8. The maximum absolute atomic E-state index is 11.6. The van der Waals surface area contributed by atoms with Crippen molar-refractivity contribution < 1.29 is 19.4 Å². The van der Waals surface area contributed by atoms with Gasteiger partial charge >= 0.3 is 5.97 Å². The Morgan fingerprint density at radius 1 is 1.33 bits per heavy atom. The average Bonchev–Trinajstić information content (AvgIpc) is 2.26. The number of methoxy groups -OCH3 is 1. The summed E-state index contributed by atoms with van der Waals surface area (Å²) in [6.07, 6.45) is 0.110. The van der Waals surface area contributed by atoms with Crippen LogP contribution in [-0.2, 0) is 16.0 Å². The molecule has 1 aromatic carbocycles. The van der Waals surface area contributed by atoms with E-state index >= 15 is 0 Å². The lowest BCUT2D eigenvalue weighted by atomic mass is 10.0. The average molecular weight is 251 g/mol. The third-order valence-electron chi connectivity index (χ3n) is 2.49. The number of amides is 1. The lowest BCUT2D eigenvalue weighted by Gasteiger charge is -2.12. The van der Waals surface area contributed by atoms with E-state index in [2.05, 4.69) is 5.32 Å². The van der Waals surface area contributed by atoms with Crippen LogP contribution in [0.4, 0.5) is 0 Å². The van der Waals surface area contributed by atoms with Gasteiger partial charge in [0, 0.05) is 5.56 Å². The van der Waals surface area contributed by atoms with E-state index in [1.807, 2.05) is 26.0 Å². The molecule has 0 saturated heterocycles. The molecule has 5 heteroatoms. The molecule has 18 heavy (non-hydrogen) atoms. The van der Waals surface area contributed by atoms with Gasteiger partial charge in [0.2, 0.25) is 5.91 Å². The SMILES string of the molecule is COc1c(C)cc(C)cc1CC(=O)NCC(=O)O. The van der Waals surface area contributed by atoms with Crippen LogP contribution >= 0.6 is 0 Å². The highest BCUT2D eigenvalue weighted by Crippen LogP contribution is 2.25. The predicted octanol–water partition coefficient (Wildman–Crippen LogP) is 1.06. The molecule has 0 aliphatic carbocycles. The summed E-state index contributed by atoms with van der Waals surface area (Å²) in [7, 11) is 1.55. The number of carbonyl (C=O) groups is 2. The van der Waals surface area contributed by atoms with Crippen molar-refractivity contribution in [2.75, 3.05) is 13.7 Å². The molecular formula is C13H17NO4. The zero-order valence-electron chi connectivity index (χ0n) is 10.7. The molecule has 1 aromatic rings. The van der Waals surface area contributed by atoms with Gasteiger partial charge in [-0.1, -0.05) is 17.7 Å². The zero-order valence-corrected chi connectivity index (χ0v) is 10.7. The zero-order chi connectivity index (χ0) is 13.7. The van der Waals surface area contributed by atoms with Crippen molar-refractivity contribution in [3.8, 4) is 5.75 Å². The standard InChI is InChI=1S/C13H17NO4/c1-8-4-9(2)13(18-3)10(5-8)6-11(15)14-7-12(16)17/h4-5H,6-7H2,1-3H3,(H,14,15)(H,16,17). The smallest absolute Gasteiger partial charge is 0.322 e. The predicted molar refractivity (Wildman–Crippen MR) is 66.8 cm³/mol. The van der Waals surface area contributed by atoms with E-state index in [4.69, 9.17) is 9.84 Å². The van der Waals surface area contributed by atoms with Crippen LogP contribution in [-0.4, -0.2) is 30.6 Å². The van der Waals surface area contributed by atoms with Crippen molar-refractivity contribution in [2.24, 2.45) is 0 Å². The molecule has 0 saturated carbocycles. The van der Waals surface area contributed by atoms with Crippen LogP contribution in [0.5, 0.6) is 5.75 Å². The molecule has 0 aliphatic rings. The van der Waals surface area contributed by atoms with E-state index in [1.54, 1.807) is 7.11 Å². The van der Waals surface area contributed by atoms with E-state index in [0.29, 0.717) is 5.75 Å². The van der Waals surface area contributed by atoms with Crippen molar-refractivity contribution in [3.05, 3.63) is 28.8 Å². The molecule has 1 amide bonds. The molecule has 0 spiro atoms. The van der Waals surface area contributed by atoms with Crippen molar-refractivity contribution in [3.63, 3.8) is 0 Å². The Morgan fingerprint density at radius 2 is 2.00 bits per heavy atom. The van der Waals surface area contributed by atoms with Crippen molar-refractivity contribution in [1.29, 1.82) is 0 Å². The van der Waals surface area contributed by atoms with E-state index in [1.165, 1.54) is 0 Å². The molecule has 0 bridgehead atoms. The third kappa shape index (κ3) is 3.76. The monoisotopic (exact) mass is 251 g/mol. The van der Waals surface area contributed by atoms with Gasteiger partial charge in [-0.05, 0) is 19.4 Å². The highest BCUT2D eigenvalue weighted by Gasteiger charge is 2.12. The molecule has 0 heterocycles. The molecule has 5 nitrogen and oxygen atoms in total. The van der Waals surface area contributed by atoms with E-state index in [0.717, 1.165) is 16.7 Å². The largest absolute Gasteiger partial charge is 0.496 e. The normalized spacial score (nSPS) is 9.94. The molecule has 2 N–H and O–H groups in total. The fraction of sp³-hybridized carbons (Fsp3) is 0.385. The molecule has 0 radical (unpaired) electrons. The molecule has 0 aliphatic heterocycles. The number of hydrogen-bond donors (Lipinski definition) is 2. The number of aryl methyl sites for hydroxylation is 2. The second kappa shape index (κ2) is 6.05. The van der Waals surface area contributed by atoms with Gasteiger partial charge < -0.3 is 15.2 Å². The minimum Gasteiger partial charge on any atom is -0.496 e. The maximum atomic E-state index is 11.6. The summed E-state index contributed by atoms with van der Waals surface area (Å²) in [5.74, 6) is -0.720. The van der Waals surface area contributed by atoms with Crippen LogP contribution in [0.3, 0.4) is 0 Å².